The maximum absolute atomic E-state index is 13.0. The van der Waals surface area contributed by atoms with Crippen LogP contribution < -0.4 is 16.2 Å². The quantitative estimate of drug-likeness (QED) is 0.324. The molecule has 0 radical (unpaired) electrons. The summed E-state index contributed by atoms with van der Waals surface area (Å²) in [7, 11) is 0. The van der Waals surface area contributed by atoms with Gasteiger partial charge in [-0.2, -0.15) is 13.2 Å². The molecule has 4 rings (SSSR count). The molecule has 32 heavy (non-hydrogen) atoms. The number of benzene rings is 1. The van der Waals surface area contributed by atoms with Crippen molar-refractivity contribution in [1.29, 1.82) is 0 Å². The van der Waals surface area contributed by atoms with Crippen LogP contribution in [0.3, 0.4) is 0 Å². The van der Waals surface area contributed by atoms with Crippen LogP contribution in [0.4, 0.5) is 28.8 Å². The van der Waals surface area contributed by atoms with Gasteiger partial charge in [0.05, 0.1) is 16.9 Å². The molecule has 8 nitrogen and oxygen atoms in total. The first kappa shape index (κ1) is 21.8. The van der Waals surface area contributed by atoms with Crippen LogP contribution in [-0.2, 0) is 11.9 Å². The van der Waals surface area contributed by atoms with E-state index in [1.54, 1.807) is 24.4 Å². The van der Waals surface area contributed by atoms with Crippen molar-refractivity contribution in [3.05, 3.63) is 76.3 Å². The number of hydrogen-bond donors (Lipinski definition) is 2. The standard InChI is InChI=1S/C19H13F3N6O2S2/c20-19(21,22)12-5-1-2-6-13(12)24-16(30)25-17-26-27-18(32-17)31-10-11-9-15(29)28-8-4-3-7-14(28)23-11/h1-9H,10H2,(H2,24,25,26,30). The molecule has 3 heterocycles. The predicted octanol–water partition coefficient (Wildman–Crippen LogP) is 4.50. The van der Waals surface area contributed by atoms with E-state index >= 15 is 0 Å². The number of hydrogen-bond acceptors (Lipinski definition) is 7. The Morgan fingerprint density at radius 2 is 1.88 bits per heavy atom. The monoisotopic (exact) mass is 478 g/mol. The van der Waals surface area contributed by atoms with Gasteiger partial charge in [-0.1, -0.05) is 41.3 Å². The maximum Gasteiger partial charge on any atom is 0.418 e. The van der Waals surface area contributed by atoms with Gasteiger partial charge >= 0.3 is 12.2 Å². The topological polar surface area (TPSA) is 101 Å². The normalized spacial score (nSPS) is 11.5. The first-order chi connectivity index (χ1) is 15.3. The Hall–Kier alpha value is -3.45. The minimum Gasteiger partial charge on any atom is -0.307 e. The Kier molecular flexibility index (Phi) is 6.10. The van der Waals surface area contributed by atoms with Crippen LogP contribution in [0.2, 0.25) is 0 Å². The summed E-state index contributed by atoms with van der Waals surface area (Å²) in [6, 6.07) is 10.4. The smallest absolute Gasteiger partial charge is 0.307 e. The summed E-state index contributed by atoms with van der Waals surface area (Å²) in [6.07, 6.45) is -2.97. The van der Waals surface area contributed by atoms with E-state index in [1.165, 1.54) is 34.4 Å². The number of aromatic nitrogens is 4. The van der Waals surface area contributed by atoms with Gasteiger partial charge in [0.15, 0.2) is 4.34 Å². The van der Waals surface area contributed by atoms with Crippen LogP contribution in [0.5, 0.6) is 0 Å². The summed E-state index contributed by atoms with van der Waals surface area (Å²) in [5, 5.41) is 12.4. The lowest BCUT2D eigenvalue weighted by Gasteiger charge is -2.13. The molecule has 0 fully saturated rings. The third kappa shape index (κ3) is 5.06. The van der Waals surface area contributed by atoms with Gasteiger partial charge in [0.2, 0.25) is 5.13 Å². The highest BCUT2D eigenvalue weighted by Gasteiger charge is 2.33. The van der Waals surface area contributed by atoms with Crippen LogP contribution >= 0.6 is 23.1 Å². The Bertz CT molecular complexity index is 1340. The summed E-state index contributed by atoms with van der Waals surface area (Å²) in [6.45, 7) is 0. The number of pyridine rings is 1. The van der Waals surface area contributed by atoms with Gasteiger partial charge < -0.3 is 5.32 Å². The highest BCUT2D eigenvalue weighted by molar-refractivity contribution is 8.00. The molecule has 1 aromatic carbocycles. The van der Waals surface area contributed by atoms with Crippen molar-refractivity contribution in [2.45, 2.75) is 16.3 Å². The van der Waals surface area contributed by atoms with Crippen molar-refractivity contribution < 1.29 is 18.0 Å². The molecule has 13 heteroatoms. The van der Waals surface area contributed by atoms with Crippen molar-refractivity contribution >= 4 is 45.6 Å². The fourth-order valence-corrected chi connectivity index (χ4v) is 4.36. The minimum atomic E-state index is -4.60. The van der Waals surface area contributed by atoms with E-state index in [0.29, 0.717) is 21.4 Å². The van der Waals surface area contributed by atoms with Crippen LogP contribution in [-0.4, -0.2) is 25.6 Å². The molecule has 164 valence electrons. The van der Waals surface area contributed by atoms with E-state index in [1.807, 2.05) is 0 Å². The first-order valence-corrected chi connectivity index (χ1v) is 10.8. The van der Waals surface area contributed by atoms with Crippen molar-refractivity contribution in [2.24, 2.45) is 0 Å². The Labute approximate surface area is 186 Å². The highest BCUT2D eigenvalue weighted by atomic mass is 32.2. The fourth-order valence-electron chi connectivity index (χ4n) is 2.72. The van der Waals surface area contributed by atoms with Gasteiger partial charge in [-0.05, 0) is 24.3 Å². The third-order valence-electron chi connectivity index (χ3n) is 4.08. The van der Waals surface area contributed by atoms with Crippen LogP contribution in [0.1, 0.15) is 11.3 Å². The molecule has 0 atom stereocenters. The van der Waals surface area contributed by atoms with Gasteiger partial charge in [0.1, 0.15) is 5.65 Å². The summed E-state index contributed by atoms with van der Waals surface area (Å²) in [5.74, 6) is 0.348. The zero-order valence-corrected chi connectivity index (χ0v) is 17.6. The minimum absolute atomic E-state index is 0.112. The summed E-state index contributed by atoms with van der Waals surface area (Å²) >= 11 is 2.31. The number of para-hydroxylation sites is 1. The molecule has 3 aromatic heterocycles. The van der Waals surface area contributed by atoms with Crippen molar-refractivity contribution in [2.75, 3.05) is 10.6 Å². The average molecular weight is 478 g/mol. The van der Waals surface area contributed by atoms with Crippen molar-refractivity contribution in [3.63, 3.8) is 0 Å². The molecular formula is C19H13F3N6O2S2. The number of urea groups is 1. The van der Waals surface area contributed by atoms with Gasteiger partial charge in [0.25, 0.3) is 5.56 Å². The second-order valence-electron chi connectivity index (χ2n) is 6.30. The zero-order valence-electron chi connectivity index (χ0n) is 16.0. The van der Waals surface area contributed by atoms with E-state index in [4.69, 9.17) is 0 Å². The Morgan fingerprint density at radius 1 is 1.09 bits per heavy atom. The molecule has 0 saturated carbocycles. The number of amides is 2. The van der Waals surface area contributed by atoms with Gasteiger partial charge in [-0.3, -0.25) is 14.5 Å². The van der Waals surface area contributed by atoms with E-state index < -0.39 is 17.8 Å². The summed E-state index contributed by atoms with van der Waals surface area (Å²) in [5.41, 5.74) is -0.460. The highest BCUT2D eigenvalue weighted by Crippen LogP contribution is 2.34. The molecule has 0 aliphatic carbocycles. The number of carbonyl (C=O) groups is 1. The number of alkyl halides is 3. The number of nitrogens with one attached hydrogen (secondary N) is 2. The average Bonchev–Trinajstić information content (AvgIpc) is 3.19. The largest absolute Gasteiger partial charge is 0.418 e. The molecule has 2 amide bonds. The van der Waals surface area contributed by atoms with Crippen molar-refractivity contribution in [1.82, 2.24) is 19.6 Å². The van der Waals surface area contributed by atoms with Gasteiger partial charge in [0, 0.05) is 18.0 Å². The molecule has 0 saturated heterocycles. The first-order valence-electron chi connectivity index (χ1n) is 8.97. The molecular weight excluding hydrogens is 465 g/mol. The lowest BCUT2D eigenvalue weighted by molar-refractivity contribution is -0.136. The molecule has 4 aromatic rings. The number of thioether (sulfide) groups is 1. The molecule has 0 aliphatic heterocycles. The Morgan fingerprint density at radius 3 is 2.69 bits per heavy atom. The number of nitrogens with zero attached hydrogens (tertiary/aromatic N) is 4. The van der Waals surface area contributed by atoms with Crippen LogP contribution in [0.15, 0.2) is 63.9 Å². The number of carbonyl (C=O) groups excluding carboxylic acids is 1. The molecule has 0 aliphatic rings. The van der Waals surface area contributed by atoms with Gasteiger partial charge in [-0.15, -0.1) is 10.2 Å². The molecule has 0 bridgehead atoms. The zero-order chi connectivity index (χ0) is 22.7. The third-order valence-corrected chi connectivity index (χ3v) is 6.08. The van der Waals surface area contributed by atoms with Crippen LogP contribution in [0, 0.1) is 0 Å². The number of fused-ring (bicyclic) bond motifs is 1. The van der Waals surface area contributed by atoms with E-state index in [-0.39, 0.29) is 16.4 Å². The van der Waals surface area contributed by atoms with E-state index in [9.17, 15) is 22.8 Å². The van der Waals surface area contributed by atoms with Crippen LogP contribution in [0.25, 0.3) is 5.65 Å². The number of rotatable bonds is 5. The summed E-state index contributed by atoms with van der Waals surface area (Å²) < 4.78 is 41.1. The Balaban J connectivity index is 1.38. The lowest BCUT2D eigenvalue weighted by atomic mass is 10.1. The number of halogens is 3. The molecule has 0 unspecified atom stereocenters. The SMILES string of the molecule is O=C(Nc1nnc(SCc2cc(=O)n3ccccc3n2)s1)Nc1ccccc1C(F)(F)F. The van der Waals surface area contributed by atoms with Crippen molar-refractivity contribution in [3.8, 4) is 0 Å². The second-order valence-corrected chi connectivity index (χ2v) is 8.50. The fraction of sp³-hybridized carbons (Fsp3) is 0.105. The molecule has 2 N–H and O–H groups in total. The number of anilines is 2. The van der Waals surface area contributed by atoms with Gasteiger partial charge in [-0.25, -0.2) is 9.78 Å². The lowest BCUT2D eigenvalue weighted by Crippen LogP contribution is -2.21. The molecule has 0 spiro atoms. The predicted molar refractivity (Wildman–Crippen MR) is 115 cm³/mol. The summed E-state index contributed by atoms with van der Waals surface area (Å²) in [4.78, 5) is 28.7. The second kappa shape index (κ2) is 8.96. The van der Waals surface area contributed by atoms with E-state index in [0.717, 1.165) is 23.5 Å². The maximum atomic E-state index is 13.0. The van der Waals surface area contributed by atoms with E-state index in [2.05, 4.69) is 25.8 Å².